The van der Waals surface area contributed by atoms with Crippen molar-refractivity contribution < 1.29 is 28.6 Å². The van der Waals surface area contributed by atoms with Gasteiger partial charge in [0.05, 0.1) is 19.8 Å². The van der Waals surface area contributed by atoms with Crippen molar-refractivity contribution in [2.75, 3.05) is 34.0 Å². The number of carbonyl (C=O) groups is 3. The lowest BCUT2D eigenvalue weighted by atomic mass is 10.1. The fraction of sp³-hybridized carbons (Fsp3) is 0.526. The highest BCUT2D eigenvalue weighted by atomic mass is 16.5. The van der Waals surface area contributed by atoms with Crippen LogP contribution in [0, 0.1) is 0 Å². The summed E-state index contributed by atoms with van der Waals surface area (Å²) in [6.45, 7) is 2.85. The van der Waals surface area contributed by atoms with Crippen LogP contribution in [0.2, 0.25) is 0 Å². The molecule has 148 valence electrons. The van der Waals surface area contributed by atoms with Gasteiger partial charge in [0.25, 0.3) is 0 Å². The van der Waals surface area contributed by atoms with Crippen LogP contribution in [-0.2, 0) is 19.1 Å². The van der Waals surface area contributed by atoms with Gasteiger partial charge in [-0.15, -0.1) is 0 Å². The molecule has 1 aromatic carbocycles. The Balaban J connectivity index is 1.90. The minimum Gasteiger partial charge on any atom is -0.493 e. The molecule has 1 N–H and O–H groups in total. The topological polar surface area (TPSA) is 94.2 Å². The van der Waals surface area contributed by atoms with E-state index in [2.05, 4.69) is 5.32 Å². The largest absolute Gasteiger partial charge is 0.493 e. The number of nitrogens with one attached hydrogen (secondary N) is 1. The SMILES string of the molecule is COCCOc1ccc([C@@H](C)NC(=O)CCN2C(=O)CCC2=O)cc1OC. The molecule has 1 atom stereocenters. The van der Waals surface area contributed by atoms with Crippen LogP contribution in [0.5, 0.6) is 11.5 Å². The van der Waals surface area contributed by atoms with E-state index in [9.17, 15) is 14.4 Å². The van der Waals surface area contributed by atoms with E-state index in [0.29, 0.717) is 24.7 Å². The summed E-state index contributed by atoms with van der Waals surface area (Å²) < 4.78 is 15.9. The molecule has 1 saturated heterocycles. The maximum atomic E-state index is 12.2. The van der Waals surface area contributed by atoms with Gasteiger partial charge in [0.2, 0.25) is 17.7 Å². The number of hydrogen-bond acceptors (Lipinski definition) is 6. The van der Waals surface area contributed by atoms with Crippen LogP contribution < -0.4 is 14.8 Å². The zero-order chi connectivity index (χ0) is 19.8. The van der Waals surface area contributed by atoms with Crippen LogP contribution in [0.4, 0.5) is 0 Å². The predicted molar refractivity (Wildman–Crippen MR) is 97.5 cm³/mol. The maximum absolute atomic E-state index is 12.2. The second-order valence-corrected chi connectivity index (χ2v) is 6.23. The first-order valence-corrected chi connectivity index (χ1v) is 8.88. The Morgan fingerprint density at radius 2 is 1.85 bits per heavy atom. The Kier molecular flexibility index (Phi) is 7.60. The van der Waals surface area contributed by atoms with Crippen molar-refractivity contribution in [3.05, 3.63) is 23.8 Å². The molecule has 0 unspecified atom stereocenters. The van der Waals surface area contributed by atoms with Gasteiger partial charge in [0, 0.05) is 32.9 Å². The highest BCUT2D eigenvalue weighted by Gasteiger charge is 2.28. The fourth-order valence-electron chi connectivity index (χ4n) is 2.79. The van der Waals surface area contributed by atoms with Gasteiger partial charge in [-0.05, 0) is 24.6 Å². The van der Waals surface area contributed by atoms with E-state index < -0.39 is 0 Å². The van der Waals surface area contributed by atoms with E-state index in [1.54, 1.807) is 26.4 Å². The molecule has 1 aromatic rings. The first-order chi connectivity index (χ1) is 13.0. The Labute approximate surface area is 158 Å². The molecule has 27 heavy (non-hydrogen) atoms. The van der Waals surface area contributed by atoms with Crippen molar-refractivity contribution >= 4 is 17.7 Å². The Bertz CT molecular complexity index is 675. The van der Waals surface area contributed by atoms with Crippen molar-refractivity contribution in [1.29, 1.82) is 0 Å². The van der Waals surface area contributed by atoms with Crippen molar-refractivity contribution in [2.24, 2.45) is 0 Å². The number of ether oxygens (including phenoxy) is 3. The predicted octanol–water partition coefficient (Wildman–Crippen LogP) is 1.44. The standard InChI is InChI=1S/C19H26N2O6/c1-13(20-17(22)8-9-21-18(23)6-7-19(21)24)14-4-5-15(16(12-14)26-3)27-11-10-25-2/h4-5,12-13H,6-11H2,1-3H3,(H,20,22)/t13-/m1/s1. The molecule has 0 bridgehead atoms. The van der Waals surface area contributed by atoms with Crippen LogP contribution in [0.1, 0.15) is 37.8 Å². The Hall–Kier alpha value is -2.61. The van der Waals surface area contributed by atoms with Crippen molar-refractivity contribution in [3.63, 3.8) is 0 Å². The molecule has 1 fully saturated rings. The number of rotatable bonds is 10. The van der Waals surface area contributed by atoms with Gasteiger partial charge in [0.1, 0.15) is 6.61 Å². The highest BCUT2D eigenvalue weighted by molar-refractivity contribution is 6.02. The minimum atomic E-state index is -0.260. The molecule has 8 nitrogen and oxygen atoms in total. The molecule has 1 heterocycles. The molecule has 1 aliphatic rings. The van der Waals surface area contributed by atoms with Crippen molar-refractivity contribution in [1.82, 2.24) is 10.2 Å². The normalized spacial score (nSPS) is 15.0. The van der Waals surface area contributed by atoms with Gasteiger partial charge in [-0.2, -0.15) is 0 Å². The summed E-state index contributed by atoms with van der Waals surface area (Å²) in [6, 6.07) is 5.18. The number of amides is 3. The number of imide groups is 1. The zero-order valence-electron chi connectivity index (χ0n) is 15.9. The van der Waals surface area contributed by atoms with Crippen molar-refractivity contribution in [2.45, 2.75) is 32.2 Å². The molecule has 0 aromatic heterocycles. The summed E-state index contributed by atoms with van der Waals surface area (Å²) >= 11 is 0. The average Bonchev–Trinajstić information content (AvgIpc) is 2.98. The molecule has 1 aliphatic heterocycles. The van der Waals surface area contributed by atoms with Gasteiger partial charge in [-0.3, -0.25) is 19.3 Å². The summed E-state index contributed by atoms with van der Waals surface area (Å²) in [5.41, 5.74) is 0.854. The smallest absolute Gasteiger partial charge is 0.229 e. The molecular formula is C19H26N2O6. The molecule has 0 aliphatic carbocycles. The molecule has 0 radical (unpaired) electrons. The molecule has 8 heteroatoms. The van der Waals surface area contributed by atoms with Crippen LogP contribution in [0.15, 0.2) is 18.2 Å². The summed E-state index contributed by atoms with van der Waals surface area (Å²) in [6.07, 6.45) is 0.544. The second kappa shape index (κ2) is 9.91. The summed E-state index contributed by atoms with van der Waals surface area (Å²) in [4.78, 5) is 36.5. The lowest BCUT2D eigenvalue weighted by Gasteiger charge is -2.18. The number of nitrogens with zero attached hydrogens (tertiary/aromatic N) is 1. The van der Waals surface area contributed by atoms with Gasteiger partial charge in [0.15, 0.2) is 11.5 Å². The second-order valence-electron chi connectivity index (χ2n) is 6.23. The Morgan fingerprint density at radius 1 is 1.15 bits per heavy atom. The lowest BCUT2D eigenvalue weighted by Crippen LogP contribution is -2.34. The van der Waals surface area contributed by atoms with E-state index in [-0.39, 0.29) is 49.6 Å². The number of hydrogen-bond donors (Lipinski definition) is 1. The molecule has 0 spiro atoms. The number of likely N-dealkylation sites (tertiary alicyclic amines) is 1. The van der Waals surface area contributed by atoms with Crippen LogP contribution in [0.3, 0.4) is 0 Å². The van der Waals surface area contributed by atoms with Gasteiger partial charge < -0.3 is 19.5 Å². The monoisotopic (exact) mass is 378 g/mol. The minimum absolute atomic E-state index is 0.0805. The third-order valence-electron chi connectivity index (χ3n) is 4.33. The van der Waals surface area contributed by atoms with E-state index in [4.69, 9.17) is 14.2 Å². The summed E-state index contributed by atoms with van der Waals surface area (Å²) in [7, 11) is 3.15. The van der Waals surface area contributed by atoms with Gasteiger partial charge in [-0.25, -0.2) is 0 Å². The summed E-state index contributed by atoms with van der Waals surface area (Å²) in [5.74, 6) is 0.513. The van der Waals surface area contributed by atoms with E-state index in [0.717, 1.165) is 10.5 Å². The Morgan fingerprint density at radius 3 is 2.48 bits per heavy atom. The first-order valence-electron chi connectivity index (χ1n) is 8.88. The molecular weight excluding hydrogens is 352 g/mol. The number of methoxy groups -OCH3 is 2. The molecule has 0 saturated carbocycles. The third kappa shape index (κ3) is 5.68. The van der Waals surface area contributed by atoms with Gasteiger partial charge in [-0.1, -0.05) is 6.07 Å². The molecule has 3 amide bonds. The summed E-state index contributed by atoms with van der Waals surface area (Å²) in [5, 5.41) is 2.87. The third-order valence-corrected chi connectivity index (χ3v) is 4.33. The lowest BCUT2D eigenvalue weighted by molar-refractivity contribution is -0.138. The fourth-order valence-corrected chi connectivity index (χ4v) is 2.79. The number of carbonyl (C=O) groups excluding carboxylic acids is 3. The number of benzene rings is 1. The quantitative estimate of drug-likeness (QED) is 0.489. The zero-order valence-corrected chi connectivity index (χ0v) is 15.9. The van der Waals surface area contributed by atoms with Crippen molar-refractivity contribution in [3.8, 4) is 11.5 Å². The average molecular weight is 378 g/mol. The van der Waals surface area contributed by atoms with E-state index in [1.165, 1.54) is 0 Å². The van der Waals surface area contributed by atoms with Gasteiger partial charge >= 0.3 is 0 Å². The molecule has 2 rings (SSSR count). The first kappa shape index (κ1) is 20.7. The van der Waals surface area contributed by atoms with Crippen LogP contribution in [0.25, 0.3) is 0 Å². The van der Waals surface area contributed by atoms with Crippen LogP contribution in [-0.4, -0.2) is 56.6 Å². The van der Waals surface area contributed by atoms with E-state index in [1.807, 2.05) is 13.0 Å². The van der Waals surface area contributed by atoms with E-state index >= 15 is 0 Å². The maximum Gasteiger partial charge on any atom is 0.229 e. The van der Waals surface area contributed by atoms with Crippen LogP contribution >= 0.6 is 0 Å². The highest BCUT2D eigenvalue weighted by Crippen LogP contribution is 2.30.